The van der Waals surface area contributed by atoms with Crippen LogP contribution in [0.25, 0.3) is 0 Å². The summed E-state index contributed by atoms with van der Waals surface area (Å²) in [5, 5.41) is 0. The van der Waals surface area contributed by atoms with Crippen LogP contribution in [0.3, 0.4) is 0 Å². The molecule has 0 radical (unpaired) electrons. The average Bonchev–Trinajstić information content (AvgIpc) is 2.54. The summed E-state index contributed by atoms with van der Waals surface area (Å²) in [5.41, 5.74) is 0. The summed E-state index contributed by atoms with van der Waals surface area (Å²) < 4.78 is 108. The van der Waals surface area contributed by atoms with Crippen molar-refractivity contribution in [2.24, 2.45) is 0 Å². The minimum Gasteiger partial charge on any atom is -0.202 e. The average molecular weight is 394 g/mol. The molecule has 2 aromatic rings. The molecule has 0 saturated carbocycles. The van der Waals surface area contributed by atoms with Gasteiger partial charge in [0.25, 0.3) is 0 Å². The van der Waals surface area contributed by atoms with Gasteiger partial charge in [0.05, 0.1) is 19.6 Å². The van der Waals surface area contributed by atoms with Crippen molar-refractivity contribution in [3.05, 3.63) is 46.5 Å². The summed E-state index contributed by atoms with van der Waals surface area (Å²) in [6.07, 6.45) is 0. The SMILES string of the molecule is Fc1c(F)c(Sc2c(F)c(F)c(S)c(F)c2F)c(F)c(F)c1S. The molecule has 0 amide bonds. The van der Waals surface area contributed by atoms with E-state index in [1.165, 1.54) is 0 Å². The first-order valence-electron chi connectivity index (χ1n) is 5.37. The van der Waals surface area contributed by atoms with Crippen LogP contribution in [0.4, 0.5) is 35.1 Å². The molecular formula is C12H2F8S3. The van der Waals surface area contributed by atoms with Crippen molar-refractivity contribution in [3.8, 4) is 0 Å². The maximum absolute atomic E-state index is 13.6. The Bertz CT molecular complexity index is 695. The van der Waals surface area contributed by atoms with Crippen LogP contribution < -0.4 is 0 Å². The zero-order valence-corrected chi connectivity index (χ0v) is 12.9. The molecule has 0 aliphatic heterocycles. The van der Waals surface area contributed by atoms with Gasteiger partial charge in [0.2, 0.25) is 0 Å². The van der Waals surface area contributed by atoms with Crippen molar-refractivity contribution < 1.29 is 35.1 Å². The molecule has 0 N–H and O–H groups in total. The van der Waals surface area contributed by atoms with Crippen molar-refractivity contribution >= 4 is 37.0 Å². The predicted octanol–water partition coefficient (Wildman–Crippen LogP) is 5.53. The van der Waals surface area contributed by atoms with E-state index in [1.54, 1.807) is 0 Å². The highest BCUT2D eigenvalue weighted by atomic mass is 32.2. The molecule has 0 spiro atoms. The summed E-state index contributed by atoms with van der Waals surface area (Å²) in [6.45, 7) is 0. The Kier molecular flexibility index (Phi) is 5.12. The third-order valence-electron chi connectivity index (χ3n) is 2.60. The number of hydrogen-bond acceptors (Lipinski definition) is 3. The summed E-state index contributed by atoms with van der Waals surface area (Å²) in [7, 11) is 0. The smallest absolute Gasteiger partial charge is 0.177 e. The Morgan fingerprint density at radius 2 is 0.652 bits per heavy atom. The number of benzene rings is 2. The second kappa shape index (κ2) is 6.44. The van der Waals surface area contributed by atoms with E-state index in [1.807, 2.05) is 0 Å². The van der Waals surface area contributed by atoms with E-state index in [0.29, 0.717) is 0 Å². The third kappa shape index (κ3) is 2.89. The van der Waals surface area contributed by atoms with E-state index in [-0.39, 0.29) is 0 Å². The quantitative estimate of drug-likeness (QED) is 0.384. The zero-order valence-electron chi connectivity index (χ0n) is 10.3. The molecule has 0 aliphatic rings. The van der Waals surface area contributed by atoms with Gasteiger partial charge in [-0.05, 0) is 0 Å². The van der Waals surface area contributed by atoms with Crippen LogP contribution >= 0.6 is 37.0 Å². The zero-order chi connectivity index (χ0) is 17.6. The lowest BCUT2D eigenvalue weighted by Gasteiger charge is -2.11. The van der Waals surface area contributed by atoms with E-state index >= 15 is 0 Å². The van der Waals surface area contributed by atoms with Crippen molar-refractivity contribution in [2.45, 2.75) is 19.6 Å². The summed E-state index contributed by atoms with van der Waals surface area (Å²) in [6, 6.07) is 0. The van der Waals surface area contributed by atoms with Gasteiger partial charge in [0.15, 0.2) is 46.5 Å². The van der Waals surface area contributed by atoms with Gasteiger partial charge in [-0.2, -0.15) is 0 Å². The monoisotopic (exact) mass is 394 g/mol. The summed E-state index contributed by atoms with van der Waals surface area (Å²) in [5.74, 6) is -15.8. The molecule has 0 aromatic heterocycles. The fraction of sp³-hybridized carbons (Fsp3) is 0. The molecule has 0 bridgehead atoms. The largest absolute Gasteiger partial charge is 0.202 e. The van der Waals surface area contributed by atoms with Crippen LogP contribution in [0.1, 0.15) is 0 Å². The van der Waals surface area contributed by atoms with Gasteiger partial charge in [-0.25, -0.2) is 35.1 Å². The molecule has 0 atom stereocenters. The molecule has 23 heavy (non-hydrogen) atoms. The van der Waals surface area contributed by atoms with Gasteiger partial charge in [-0.3, -0.25) is 0 Å². The minimum atomic E-state index is -2.02. The predicted molar refractivity (Wildman–Crippen MR) is 71.2 cm³/mol. The molecule has 2 aromatic carbocycles. The normalized spacial score (nSPS) is 11.2. The van der Waals surface area contributed by atoms with Crippen LogP contribution in [0, 0.1) is 46.5 Å². The number of thiol groups is 2. The molecule has 124 valence electrons. The van der Waals surface area contributed by atoms with E-state index in [4.69, 9.17) is 0 Å². The van der Waals surface area contributed by atoms with Gasteiger partial charge < -0.3 is 0 Å². The lowest BCUT2D eigenvalue weighted by atomic mass is 10.3. The second-order valence-electron chi connectivity index (χ2n) is 3.97. The highest BCUT2D eigenvalue weighted by Gasteiger charge is 2.29. The fourth-order valence-electron chi connectivity index (χ4n) is 1.48. The molecule has 0 saturated heterocycles. The lowest BCUT2D eigenvalue weighted by molar-refractivity contribution is 0.395. The number of rotatable bonds is 2. The van der Waals surface area contributed by atoms with Crippen molar-refractivity contribution in [2.75, 3.05) is 0 Å². The third-order valence-corrected chi connectivity index (χ3v) is 4.51. The first-order valence-corrected chi connectivity index (χ1v) is 7.08. The van der Waals surface area contributed by atoms with Gasteiger partial charge in [-0.1, -0.05) is 11.8 Å². The molecule has 2 rings (SSSR count). The minimum absolute atomic E-state index is 0.560. The van der Waals surface area contributed by atoms with Crippen LogP contribution in [0.5, 0.6) is 0 Å². The van der Waals surface area contributed by atoms with Crippen LogP contribution in [0.15, 0.2) is 19.6 Å². The fourth-order valence-corrected chi connectivity index (χ4v) is 2.79. The molecular weight excluding hydrogens is 392 g/mol. The first kappa shape index (κ1) is 18.3. The number of halogens is 8. The van der Waals surface area contributed by atoms with Crippen molar-refractivity contribution in [1.29, 1.82) is 0 Å². The van der Waals surface area contributed by atoms with Gasteiger partial charge in [-0.15, -0.1) is 25.3 Å². The standard InChI is InChI=1S/C12H2F8S3/c13-1-5(17)11(6(18)2(14)9(1)21)23-12-7(19)3(15)10(22)4(16)8(12)20/h21-22H. The lowest BCUT2D eigenvalue weighted by Crippen LogP contribution is -2.04. The van der Waals surface area contributed by atoms with Gasteiger partial charge >= 0.3 is 0 Å². The molecule has 0 fully saturated rings. The van der Waals surface area contributed by atoms with E-state index < -0.39 is 77.9 Å². The maximum Gasteiger partial charge on any atom is 0.177 e. The molecule has 0 heterocycles. The van der Waals surface area contributed by atoms with Gasteiger partial charge in [0.1, 0.15) is 0 Å². The number of hydrogen-bond donors (Lipinski definition) is 2. The molecule has 0 aliphatic carbocycles. The Morgan fingerprint density at radius 1 is 0.435 bits per heavy atom. The topological polar surface area (TPSA) is 0 Å². The molecule has 11 heteroatoms. The van der Waals surface area contributed by atoms with Crippen LogP contribution in [0.2, 0.25) is 0 Å². The maximum atomic E-state index is 13.6. The van der Waals surface area contributed by atoms with Gasteiger partial charge in [0, 0.05) is 0 Å². The Balaban J connectivity index is 2.71. The van der Waals surface area contributed by atoms with E-state index in [9.17, 15) is 35.1 Å². The van der Waals surface area contributed by atoms with E-state index in [0.717, 1.165) is 0 Å². The highest BCUT2D eigenvalue weighted by Crippen LogP contribution is 2.41. The molecule has 0 unspecified atom stereocenters. The second-order valence-corrected chi connectivity index (χ2v) is 5.88. The Labute approximate surface area is 138 Å². The Hall–Kier alpha value is -1.07. The van der Waals surface area contributed by atoms with Crippen molar-refractivity contribution in [3.63, 3.8) is 0 Å². The van der Waals surface area contributed by atoms with Crippen LogP contribution in [-0.2, 0) is 0 Å². The van der Waals surface area contributed by atoms with Crippen molar-refractivity contribution in [1.82, 2.24) is 0 Å². The highest BCUT2D eigenvalue weighted by molar-refractivity contribution is 7.99. The Morgan fingerprint density at radius 3 is 0.870 bits per heavy atom. The first-order chi connectivity index (χ1) is 10.6. The summed E-state index contributed by atoms with van der Waals surface area (Å²) >= 11 is 5.83. The summed E-state index contributed by atoms with van der Waals surface area (Å²) in [4.78, 5) is -5.65. The van der Waals surface area contributed by atoms with Crippen LogP contribution in [-0.4, -0.2) is 0 Å². The molecule has 0 nitrogen and oxygen atoms in total. The van der Waals surface area contributed by atoms with E-state index in [2.05, 4.69) is 25.3 Å².